The molecule has 0 saturated carbocycles. The number of aromatic nitrogens is 6. The van der Waals surface area contributed by atoms with Crippen LogP contribution in [0.4, 0.5) is 5.13 Å². The molecule has 0 radical (unpaired) electrons. The number of piperidine rings is 1. The lowest BCUT2D eigenvalue weighted by Gasteiger charge is -2.31. The third-order valence-electron chi connectivity index (χ3n) is 4.58. The van der Waals surface area contributed by atoms with E-state index in [0.717, 1.165) is 49.3 Å². The molecule has 0 N–H and O–H groups in total. The first-order chi connectivity index (χ1) is 11.8. The normalized spacial score (nSPS) is 16.0. The monoisotopic (exact) mass is 343 g/mol. The zero-order valence-corrected chi connectivity index (χ0v) is 14.6. The molecule has 24 heavy (non-hydrogen) atoms. The van der Waals surface area contributed by atoms with Gasteiger partial charge in [-0.1, -0.05) is 0 Å². The first kappa shape index (κ1) is 15.3. The molecule has 1 aliphatic rings. The third kappa shape index (κ3) is 2.93. The Kier molecular flexibility index (Phi) is 4.29. The Bertz CT molecular complexity index is 755. The summed E-state index contributed by atoms with van der Waals surface area (Å²) in [5.41, 5.74) is 0. The number of rotatable bonds is 5. The van der Waals surface area contributed by atoms with Crippen LogP contribution < -0.4 is 4.90 Å². The fraction of sp³-hybridized carbons (Fsp3) is 0.500. The molecule has 0 spiro atoms. The Morgan fingerprint density at radius 1 is 1.21 bits per heavy atom. The topological polar surface area (TPSA) is 64.7 Å². The zero-order valence-electron chi connectivity index (χ0n) is 13.7. The van der Waals surface area contributed by atoms with Gasteiger partial charge in [-0.15, -0.1) is 21.5 Å². The van der Waals surface area contributed by atoms with Crippen LogP contribution in [0.2, 0.25) is 0 Å². The molecule has 3 aromatic rings. The van der Waals surface area contributed by atoms with Gasteiger partial charge < -0.3 is 9.47 Å². The van der Waals surface area contributed by atoms with Crippen LogP contribution >= 0.6 is 11.3 Å². The largest absolute Gasteiger partial charge is 0.348 e. The Labute approximate surface area is 145 Å². The summed E-state index contributed by atoms with van der Waals surface area (Å²) < 4.78 is 4.15. The van der Waals surface area contributed by atoms with Crippen molar-refractivity contribution in [2.45, 2.75) is 38.8 Å². The van der Waals surface area contributed by atoms with Crippen molar-refractivity contribution < 1.29 is 0 Å². The molecule has 126 valence electrons. The van der Waals surface area contributed by atoms with Gasteiger partial charge in [-0.2, -0.15) is 5.10 Å². The van der Waals surface area contributed by atoms with Crippen molar-refractivity contribution in [3.05, 3.63) is 41.7 Å². The van der Waals surface area contributed by atoms with E-state index in [4.69, 9.17) is 0 Å². The lowest BCUT2D eigenvalue weighted by molar-refractivity contribution is 0.462. The number of hydrogen-bond acceptors (Lipinski definition) is 6. The Morgan fingerprint density at radius 3 is 2.75 bits per heavy atom. The third-order valence-corrected chi connectivity index (χ3v) is 5.42. The first-order valence-electron chi connectivity index (χ1n) is 8.39. The molecule has 1 saturated heterocycles. The Hall–Kier alpha value is -2.22. The Balaban J connectivity index is 1.47. The molecule has 0 atom stereocenters. The predicted molar refractivity (Wildman–Crippen MR) is 93.3 cm³/mol. The molecule has 4 rings (SSSR count). The molecule has 0 aliphatic carbocycles. The molecule has 0 unspecified atom stereocenters. The van der Waals surface area contributed by atoms with Gasteiger partial charge >= 0.3 is 0 Å². The van der Waals surface area contributed by atoms with E-state index in [1.807, 2.05) is 28.5 Å². The van der Waals surface area contributed by atoms with E-state index in [9.17, 15) is 0 Å². The van der Waals surface area contributed by atoms with Crippen molar-refractivity contribution in [1.82, 2.24) is 29.5 Å². The molecular weight excluding hydrogens is 322 g/mol. The van der Waals surface area contributed by atoms with Crippen molar-refractivity contribution in [2.24, 2.45) is 0 Å². The minimum Gasteiger partial charge on any atom is -0.348 e. The zero-order chi connectivity index (χ0) is 16.4. The molecule has 1 fully saturated rings. The van der Waals surface area contributed by atoms with E-state index in [-0.39, 0.29) is 0 Å². The van der Waals surface area contributed by atoms with E-state index < -0.39 is 0 Å². The maximum atomic E-state index is 4.52. The van der Waals surface area contributed by atoms with Crippen LogP contribution in [-0.4, -0.2) is 42.6 Å². The lowest BCUT2D eigenvalue weighted by Crippen LogP contribution is -2.33. The van der Waals surface area contributed by atoms with Gasteiger partial charge in [0, 0.05) is 49.5 Å². The lowest BCUT2D eigenvalue weighted by atomic mass is 9.96. The SMILES string of the molecule is CCn1c(Cn2cccn2)nnc1C1CCN(c2nccs2)CC1. The smallest absolute Gasteiger partial charge is 0.185 e. The van der Waals surface area contributed by atoms with E-state index in [2.05, 4.69) is 36.7 Å². The fourth-order valence-corrected chi connectivity index (χ4v) is 4.05. The highest BCUT2D eigenvalue weighted by Crippen LogP contribution is 2.30. The van der Waals surface area contributed by atoms with Gasteiger partial charge in [0.25, 0.3) is 0 Å². The average molecular weight is 343 g/mol. The van der Waals surface area contributed by atoms with Crippen LogP contribution in [0.1, 0.15) is 37.3 Å². The van der Waals surface area contributed by atoms with Gasteiger partial charge in [0.05, 0.1) is 0 Å². The summed E-state index contributed by atoms with van der Waals surface area (Å²) in [7, 11) is 0. The van der Waals surface area contributed by atoms with Gasteiger partial charge in [-0.05, 0) is 25.8 Å². The minimum atomic E-state index is 0.472. The molecule has 3 aromatic heterocycles. The van der Waals surface area contributed by atoms with Crippen LogP contribution in [0, 0.1) is 0 Å². The van der Waals surface area contributed by atoms with Crippen LogP contribution in [0.25, 0.3) is 0 Å². The maximum Gasteiger partial charge on any atom is 0.185 e. The summed E-state index contributed by atoms with van der Waals surface area (Å²) in [5, 5.41) is 16.4. The van der Waals surface area contributed by atoms with Gasteiger partial charge in [0.2, 0.25) is 0 Å². The minimum absolute atomic E-state index is 0.472. The predicted octanol–water partition coefficient (Wildman–Crippen LogP) is 2.38. The van der Waals surface area contributed by atoms with E-state index in [1.165, 1.54) is 0 Å². The number of thiazole rings is 1. The number of hydrogen-bond donors (Lipinski definition) is 0. The van der Waals surface area contributed by atoms with Crippen LogP contribution in [-0.2, 0) is 13.1 Å². The first-order valence-corrected chi connectivity index (χ1v) is 9.27. The van der Waals surface area contributed by atoms with E-state index in [1.54, 1.807) is 17.5 Å². The quantitative estimate of drug-likeness (QED) is 0.712. The van der Waals surface area contributed by atoms with Gasteiger partial charge in [0.15, 0.2) is 11.0 Å². The Morgan fingerprint density at radius 2 is 2.08 bits per heavy atom. The van der Waals surface area contributed by atoms with E-state index in [0.29, 0.717) is 12.5 Å². The van der Waals surface area contributed by atoms with Crippen molar-refractivity contribution in [2.75, 3.05) is 18.0 Å². The second kappa shape index (κ2) is 6.72. The van der Waals surface area contributed by atoms with Gasteiger partial charge in [-0.25, -0.2) is 4.98 Å². The molecule has 4 heterocycles. The highest BCUT2D eigenvalue weighted by Gasteiger charge is 2.26. The van der Waals surface area contributed by atoms with Gasteiger partial charge in [0.1, 0.15) is 12.4 Å². The summed E-state index contributed by atoms with van der Waals surface area (Å²) in [6, 6.07) is 1.93. The summed E-state index contributed by atoms with van der Waals surface area (Å²) >= 11 is 1.71. The molecule has 8 heteroatoms. The molecule has 0 bridgehead atoms. The molecule has 0 aromatic carbocycles. The van der Waals surface area contributed by atoms with Crippen molar-refractivity contribution in [1.29, 1.82) is 0 Å². The van der Waals surface area contributed by atoms with Crippen LogP contribution in [0.3, 0.4) is 0 Å². The van der Waals surface area contributed by atoms with Crippen LogP contribution in [0.5, 0.6) is 0 Å². The molecular formula is C16H21N7S. The van der Waals surface area contributed by atoms with Crippen molar-refractivity contribution >= 4 is 16.5 Å². The van der Waals surface area contributed by atoms with E-state index >= 15 is 0 Å². The summed E-state index contributed by atoms with van der Waals surface area (Å²) in [6.45, 7) is 5.79. The maximum absolute atomic E-state index is 4.52. The second-order valence-electron chi connectivity index (χ2n) is 6.00. The summed E-state index contributed by atoms with van der Waals surface area (Å²) in [4.78, 5) is 6.79. The summed E-state index contributed by atoms with van der Waals surface area (Å²) in [6.07, 6.45) is 7.82. The second-order valence-corrected chi connectivity index (χ2v) is 6.87. The van der Waals surface area contributed by atoms with Crippen molar-refractivity contribution in [3.8, 4) is 0 Å². The average Bonchev–Trinajstić information content (AvgIpc) is 3.37. The highest BCUT2D eigenvalue weighted by molar-refractivity contribution is 7.13. The number of anilines is 1. The highest BCUT2D eigenvalue weighted by atomic mass is 32.1. The standard InChI is InChI=1S/C16H21N7S/c1-2-23-14(12-22-8-3-6-18-22)19-20-15(23)13-4-9-21(10-5-13)16-17-7-11-24-16/h3,6-8,11,13H,2,4-5,9-10,12H2,1H3. The van der Waals surface area contributed by atoms with Gasteiger partial charge in [-0.3, -0.25) is 4.68 Å². The molecule has 1 aliphatic heterocycles. The number of nitrogens with zero attached hydrogens (tertiary/aromatic N) is 7. The fourth-order valence-electron chi connectivity index (χ4n) is 3.35. The van der Waals surface area contributed by atoms with Crippen LogP contribution in [0.15, 0.2) is 30.0 Å². The molecule has 0 amide bonds. The van der Waals surface area contributed by atoms with Crippen molar-refractivity contribution in [3.63, 3.8) is 0 Å². The molecule has 7 nitrogen and oxygen atoms in total. The summed E-state index contributed by atoms with van der Waals surface area (Å²) in [5.74, 6) is 2.58.